The molecule has 0 spiro atoms. The van der Waals surface area contributed by atoms with Crippen molar-refractivity contribution in [2.45, 2.75) is 12.5 Å². The highest BCUT2D eigenvalue weighted by molar-refractivity contribution is 9.10. The van der Waals surface area contributed by atoms with Crippen LogP contribution in [-0.4, -0.2) is 28.7 Å². The van der Waals surface area contributed by atoms with Crippen LogP contribution in [0.15, 0.2) is 77.3 Å². The summed E-state index contributed by atoms with van der Waals surface area (Å²) in [5, 5.41) is 16.4. The van der Waals surface area contributed by atoms with Gasteiger partial charge in [0.1, 0.15) is 6.04 Å². The van der Waals surface area contributed by atoms with E-state index in [1.54, 1.807) is 48.5 Å². The number of hydrogen-bond acceptors (Lipinski definition) is 5. The molecule has 3 aromatic carbocycles. The molecule has 1 aliphatic rings. The number of amides is 3. The molecule has 9 nitrogen and oxygen atoms in total. The van der Waals surface area contributed by atoms with Crippen molar-refractivity contribution in [3.05, 3.63) is 92.9 Å². The van der Waals surface area contributed by atoms with Gasteiger partial charge in [-0.2, -0.15) is 0 Å². The van der Waals surface area contributed by atoms with Gasteiger partial charge in [-0.3, -0.25) is 29.4 Å². The highest BCUT2D eigenvalue weighted by Gasteiger charge is 2.38. The lowest BCUT2D eigenvalue weighted by Gasteiger charge is -2.36. The number of nitro groups is 1. The Hall–Kier alpha value is -4.05. The van der Waals surface area contributed by atoms with Crippen LogP contribution >= 0.6 is 15.9 Å². The molecular weight excluding hydrogens is 492 g/mol. The Morgan fingerprint density at radius 2 is 1.70 bits per heavy atom. The zero-order valence-corrected chi connectivity index (χ0v) is 18.6. The quantitative estimate of drug-likeness (QED) is 0.391. The number of carbonyl (C=O) groups is 3. The van der Waals surface area contributed by atoms with Crippen LogP contribution in [0.4, 0.5) is 22.7 Å². The largest absolute Gasteiger partial charge is 0.326 e. The van der Waals surface area contributed by atoms with Crippen LogP contribution in [0.3, 0.4) is 0 Å². The summed E-state index contributed by atoms with van der Waals surface area (Å²) >= 11 is 3.33. The van der Waals surface area contributed by atoms with Crippen molar-refractivity contribution >= 4 is 56.4 Å². The summed E-state index contributed by atoms with van der Waals surface area (Å²) in [5.41, 5.74) is 1.41. The van der Waals surface area contributed by atoms with Gasteiger partial charge in [0.05, 0.1) is 22.7 Å². The zero-order chi connectivity index (χ0) is 23.5. The minimum absolute atomic E-state index is 0.156. The van der Waals surface area contributed by atoms with Gasteiger partial charge in [0.25, 0.3) is 11.6 Å². The molecule has 4 rings (SSSR count). The second-order valence-electron chi connectivity index (χ2n) is 7.26. The average molecular weight is 509 g/mol. The maximum Gasteiger partial charge on any atom is 0.269 e. The molecular formula is C23H17BrN4O5. The number of halogens is 1. The number of fused-ring (bicyclic) bond motifs is 1. The number of nitro benzene ring substituents is 1. The smallest absolute Gasteiger partial charge is 0.269 e. The second kappa shape index (κ2) is 9.21. The highest BCUT2D eigenvalue weighted by Crippen LogP contribution is 2.34. The van der Waals surface area contributed by atoms with E-state index in [0.717, 1.165) is 4.47 Å². The Labute approximate surface area is 196 Å². The van der Waals surface area contributed by atoms with Crippen molar-refractivity contribution in [3.8, 4) is 0 Å². The molecule has 0 fully saturated rings. The fraction of sp³-hybridized carbons (Fsp3) is 0.0870. The zero-order valence-electron chi connectivity index (χ0n) is 17.0. The average Bonchev–Trinajstić information content (AvgIpc) is 2.80. The first-order valence-electron chi connectivity index (χ1n) is 9.87. The summed E-state index contributed by atoms with van der Waals surface area (Å²) in [4.78, 5) is 50.7. The van der Waals surface area contributed by atoms with Crippen molar-refractivity contribution in [1.82, 2.24) is 0 Å². The fourth-order valence-electron chi connectivity index (χ4n) is 3.51. The van der Waals surface area contributed by atoms with Crippen LogP contribution in [0, 0.1) is 10.1 Å². The third-order valence-corrected chi connectivity index (χ3v) is 5.62. The van der Waals surface area contributed by atoms with Gasteiger partial charge in [0, 0.05) is 27.9 Å². The molecule has 0 bridgehead atoms. The minimum atomic E-state index is -1.11. The topological polar surface area (TPSA) is 122 Å². The summed E-state index contributed by atoms with van der Waals surface area (Å²) in [6.07, 6.45) is -0.283. The molecule has 2 N–H and O–H groups in total. The van der Waals surface area contributed by atoms with E-state index in [1.807, 2.05) is 0 Å². The number of carbonyl (C=O) groups excluding carboxylic acids is 3. The lowest BCUT2D eigenvalue weighted by molar-refractivity contribution is -0.384. The number of para-hydroxylation sites is 2. The summed E-state index contributed by atoms with van der Waals surface area (Å²) < 4.78 is 0.851. The number of anilines is 3. The summed E-state index contributed by atoms with van der Waals surface area (Å²) in [6.45, 7) is 0. The molecule has 1 heterocycles. The first-order valence-corrected chi connectivity index (χ1v) is 10.7. The summed E-state index contributed by atoms with van der Waals surface area (Å²) in [5.74, 6) is -1.50. The van der Waals surface area contributed by atoms with Crippen molar-refractivity contribution in [2.75, 3.05) is 15.5 Å². The van der Waals surface area contributed by atoms with Crippen LogP contribution in [-0.2, 0) is 9.59 Å². The van der Waals surface area contributed by atoms with Crippen molar-refractivity contribution in [2.24, 2.45) is 0 Å². The van der Waals surface area contributed by atoms with Crippen molar-refractivity contribution in [1.29, 1.82) is 0 Å². The predicted octanol–water partition coefficient (Wildman–Crippen LogP) is 4.35. The van der Waals surface area contributed by atoms with E-state index in [2.05, 4.69) is 26.6 Å². The first-order chi connectivity index (χ1) is 15.8. The molecule has 10 heteroatoms. The molecule has 0 saturated heterocycles. The number of benzene rings is 3. The monoisotopic (exact) mass is 508 g/mol. The lowest BCUT2D eigenvalue weighted by atomic mass is 10.0. The standard InChI is InChI=1S/C23H17BrN4O5/c24-15-7-9-16(10-8-15)25-21(29)13-20-22(30)26-18-3-1-2-4-19(18)27(20)23(31)14-5-11-17(12-6-14)28(32)33/h1-12,20H,13H2,(H,25,29)(H,26,30). The molecule has 0 aliphatic carbocycles. The van der Waals surface area contributed by atoms with E-state index >= 15 is 0 Å². The molecule has 0 saturated carbocycles. The Kier molecular flexibility index (Phi) is 6.18. The fourth-order valence-corrected chi connectivity index (χ4v) is 3.78. The van der Waals surface area contributed by atoms with Gasteiger partial charge >= 0.3 is 0 Å². The van der Waals surface area contributed by atoms with E-state index in [4.69, 9.17) is 0 Å². The maximum atomic E-state index is 13.4. The van der Waals surface area contributed by atoms with E-state index in [0.29, 0.717) is 17.1 Å². The van der Waals surface area contributed by atoms with Gasteiger partial charge in [-0.1, -0.05) is 28.1 Å². The van der Waals surface area contributed by atoms with E-state index in [1.165, 1.54) is 29.2 Å². The third-order valence-electron chi connectivity index (χ3n) is 5.09. The molecule has 3 aromatic rings. The van der Waals surface area contributed by atoms with Gasteiger partial charge in [0.15, 0.2) is 0 Å². The Morgan fingerprint density at radius 3 is 2.36 bits per heavy atom. The van der Waals surface area contributed by atoms with Crippen molar-refractivity contribution in [3.63, 3.8) is 0 Å². The molecule has 0 aromatic heterocycles. The molecule has 1 unspecified atom stereocenters. The van der Waals surface area contributed by atoms with Gasteiger partial charge in [-0.25, -0.2) is 0 Å². The second-order valence-corrected chi connectivity index (χ2v) is 8.18. The highest BCUT2D eigenvalue weighted by atomic mass is 79.9. The predicted molar refractivity (Wildman–Crippen MR) is 126 cm³/mol. The molecule has 0 radical (unpaired) electrons. The molecule has 3 amide bonds. The van der Waals surface area contributed by atoms with Crippen LogP contribution in [0.2, 0.25) is 0 Å². The normalized spacial score (nSPS) is 14.8. The van der Waals surface area contributed by atoms with E-state index in [9.17, 15) is 24.5 Å². The van der Waals surface area contributed by atoms with Crippen molar-refractivity contribution < 1.29 is 19.3 Å². The SMILES string of the molecule is O=C(CC1C(=O)Nc2ccccc2N1C(=O)c1ccc([N+](=O)[O-])cc1)Nc1ccc(Br)cc1. The van der Waals surface area contributed by atoms with Crippen LogP contribution in [0.25, 0.3) is 0 Å². The Morgan fingerprint density at radius 1 is 1.03 bits per heavy atom. The molecule has 166 valence electrons. The lowest BCUT2D eigenvalue weighted by Crippen LogP contribution is -2.52. The summed E-state index contributed by atoms with van der Waals surface area (Å²) in [6, 6.07) is 17.7. The van der Waals surface area contributed by atoms with Gasteiger partial charge < -0.3 is 10.6 Å². The number of rotatable bonds is 5. The molecule has 33 heavy (non-hydrogen) atoms. The van der Waals surface area contributed by atoms with Gasteiger partial charge in [-0.05, 0) is 48.5 Å². The van der Waals surface area contributed by atoms with Crippen LogP contribution < -0.4 is 15.5 Å². The number of nitrogens with one attached hydrogen (secondary N) is 2. The van der Waals surface area contributed by atoms with Crippen LogP contribution in [0.1, 0.15) is 16.8 Å². The Bertz CT molecular complexity index is 1240. The number of non-ortho nitro benzene ring substituents is 1. The van der Waals surface area contributed by atoms with Crippen LogP contribution in [0.5, 0.6) is 0 Å². The minimum Gasteiger partial charge on any atom is -0.326 e. The van der Waals surface area contributed by atoms with Gasteiger partial charge in [-0.15, -0.1) is 0 Å². The third kappa shape index (κ3) is 4.75. The number of hydrogen-bond donors (Lipinski definition) is 2. The molecule has 1 atom stereocenters. The van der Waals surface area contributed by atoms with Gasteiger partial charge in [0.2, 0.25) is 11.8 Å². The van der Waals surface area contributed by atoms with E-state index in [-0.39, 0.29) is 17.7 Å². The Balaban J connectivity index is 1.64. The number of nitrogens with zero attached hydrogens (tertiary/aromatic N) is 2. The first kappa shape index (κ1) is 22.2. The maximum absolute atomic E-state index is 13.4. The summed E-state index contributed by atoms with van der Waals surface area (Å²) in [7, 11) is 0. The molecule has 1 aliphatic heterocycles. The van der Waals surface area contributed by atoms with E-state index < -0.39 is 28.7 Å².